The van der Waals surface area contributed by atoms with Gasteiger partial charge in [0, 0.05) is 12.0 Å². The van der Waals surface area contributed by atoms with Crippen LogP contribution >= 0.6 is 0 Å². The standard InChI is InChI=1S/C14H23NO/c16-14(11-5-6-11)15-13-8-7-10-3-1-2-4-12(10)9-13/h10-13H,1-9H2,(H,15,16)/t10-,12+,13-/m1/s1. The SMILES string of the molecule is O=C(N[C@@H]1CC[C@H]2CCCC[C@H]2C1)C1CC1. The Morgan fingerprint density at radius 1 is 0.875 bits per heavy atom. The van der Waals surface area contributed by atoms with Crippen molar-refractivity contribution in [3.05, 3.63) is 0 Å². The first-order chi connectivity index (χ1) is 7.83. The summed E-state index contributed by atoms with van der Waals surface area (Å²) in [5.74, 6) is 2.64. The molecule has 0 radical (unpaired) electrons. The number of hydrogen-bond donors (Lipinski definition) is 1. The van der Waals surface area contributed by atoms with Crippen LogP contribution in [0.2, 0.25) is 0 Å². The number of nitrogens with one attached hydrogen (secondary N) is 1. The molecule has 0 saturated heterocycles. The predicted molar refractivity (Wildman–Crippen MR) is 64.0 cm³/mol. The highest BCUT2D eigenvalue weighted by molar-refractivity contribution is 5.81. The first-order valence-electron chi connectivity index (χ1n) is 7.13. The number of amides is 1. The largest absolute Gasteiger partial charge is 0.353 e. The Morgan fingerprint density at radius 2 is 1.62 bits per heavy atom. The molecule has 0 aromatic carbocycles. The van der Waals surface area contributed by atoms with Crippen LogP contribution in [0.25, 0.3) is 0 Å². The van der Waals surface area contributed by atoms with Crippen LogP contribution in [-0.2, 0) is 4.79 Å². The average Bonchev–Trinajstić information content (AvgIpc) is 3.12. The Kier molecular flexibility index (Phi) is 2.91. The van der Waals surface area contributed by atoms with Crippen molar-refractivity contribution in [3.8, 4) is 0 Å². The minimum absolute atomic E-state index is 0.347. The van der Waals surface area contributed by atoms with Gasteiger partial charge in [-0.15, -0.1) is 0 Å². The molecule has 0 aromatic rings. The van der Waals surface area contributed by atoms with Crippen LogP contribution in [0.3, 0.4) is 0 Å². The third-order valence-electron chi connectivity index (χ3n) is 4.83. The van der Waals surface area contributed by atoms with Gasteiger partial charge in [0.05, 0.1) is 0 Å². The molecule has 0 unspecified atom stereocenters. The van der Waals surface area contributed by atoms with Gasteiger partial charge < -0.3 is 5.32 Å². The van der Waals surface area contributed by atoms with Gasteiger partial charge in [0.2, 0.25) is 5.91 Å². The van der Waals surface area contributed by atoms with E-state index in [-0.39, 0.29) is 0 Å². The summed E-state index contributed by atoms with van der Waals surface area (Å²) >= 11 is 0. The number of hydrogen-bond acceptors (Lipinski definition) is 1. The first kappa shape index (κ1) is 10.6. The molecule has 3 fully saturated rings. The maximum atomic E-state index is 11.7. The van der Waals surface area contributed by atoms with Crippen molar-refractivity contribution >= 4 is 5.91 Å². The van der Waals surface area contributed by atoms with Crippen molar-refractivity contribution in [1.29, 1.82) is 0 Å². The van der Waals surface area contributed by atoms with Crippen molar-refractivity contribution in [2.24, 2.45) is 17.8 Å². The summed E-state index contributed by atoms with van der Waals surface area (Å²) in [5, 5.41) is 3.27. The van der Waals surface area contributed by atoms with Crippen LogP contribution in [0.5, 0.6) is 0 Å². The van der Waals surface area contributed by atoms with Crippen molar-refractivity contribution in [2.45, 2.75) is 63.8 Å². The molecule has 3 aliphatic carbocycles. The Morgan fingerprint density at radius 3 is 2.38 bits per heavy atom. The summed E-state index contributed by atoms with van der Waals surface area (Å²) in [6, 6.07) is 0.507. The normalized spacial score (nSPS) is 38.9. The van der Waals surface area contributed by atoms with Crippen molar-refractivity contribution in [3.63, 3.8) is 0 Å². The van der Waals surface area contributed by atoms with Crippen LogP contribution in [0.15, 0.2) is 0 Å². The zero-order valence-corrected chi connectivity index (χ0v) is 10.1. The number of fused-ring (bicyclic) bond motifs is 1. The van der Waals surface area contributed by atoms with Crippen LogP contribution in [-0.4, -0.2) is 11.9 Å². The molecular weight excluding hydrogens is 198 g/mol. The molecule has 3 atom stereocenters. The minimum atomic E-state index is 0.347. The summed E-state index contributed by atoms with van der Waals surface area (Å²) in [7, 11) is 0. The molecule has 3 aliphatic rings. The summed E-state index contributed by atoms with van der Waals surface area (Å²) < 4.78 is 0. The fourth-order valence-corrected chi connectivity index (χ4v) is 3.67. The van der Waals surface area contributed by atoms with Gasteiger partial charge in [0.15, 0.2) is 0 Å². The lowest BCUT2D eigenvalue weighted by Gasteiger charge is -2.39. The molecule has 1 N–H and O–H groups in total. The molecule has 2 nitrogen and oxygen atoms in total. The third kappa shape index (κ3) is 2.26. The lowest BCUT2D eigenvalue weighted by atomic mass is 9.69. The molecule has 0 heterocycles. The van der Waals surface area contributed by atoms with Crippen molar-refractivity contribution in [1.82, 2.24) is 5.32 Å². The molecule has 1 amide bonds. The van der Waals surface area contributed by atoms with E-state index in [2.05, 4.69) is 5.32 Å². The number of carbonyl (C=O) groups excluding carboxylic acids is 1. The fraction of sp³-hybridized carbons (Fsp3) is 0.929. The quantitative estimate of drug-likeness (QED) is 0.763. The zero-order chi connectivity index (χ0) is 11.0. The van der Waals surface area contributed by atoms with E-state index in [1.54, 1.807) is 0 Å². The fourth-order valence-electron chi connectivity index (χ4n) is 3.67. The maximum Gasteiger partial charge on any atom is 0.223 e. The van der Waals surface area contributed by atoms with E-state index < -0.39 is 0 Å². The van der Waals surface area contributed by atoms with Crippen LogP contribution in [0.4, 0.5) is 0 Å². The van der Waals surface area contributed by atoms with Gasteiger partial charge in [-0.3, -0.25) is 4.79 Å². The summed E-state index contributed by atoms with van der Waals surface area (Å²) in [6.07, 6.45) is 11.9. The smallest absolute Gasteiger partial charge is 0.223 e. The van der Waals surface area contributed by atoms with Gasteiger partial charge in [0.1, 0.15) is 0 Å². The maximum absolute atomic E-state index is 11.7. The van der Waals surface area contributed by atoms with E-state index in [4.69, 9.17) is 0 Å². The Labute approximate surface area is 98.2 Å². The molecule has 0 aliphatic heterocycles. The monoisotopic (exact) mass is 221 g/mol. The molecule has 2 heteroatoms. The lowest BCUT2D eigenvalue weighted by Crippen LogP contribution is -2.42. The molecule has 90 valence electrons. The summed E-state index contributed by atoms with van der Waals surface area (Å²) in [5.41, 5.74) is 0. The van der Waals surface area contributed by atoms with Crippen LogP contribution in [0.1, 0.15) is 57.8 Å². The second-order valence-corrected chi connectivity index (χ2v) is 6.10. The molecule has 0 bridgehead atoms. The highest BCUT2D eigenvalue weighted by atomic mass is 16.2. The molecule has 0 aromatic heterocycles. The predicted octanol–water partition coefficient (Wildman–Crippen LogP) is 2.87. The van der Waals surface area contributed by atoms with Gasteiger partial charge >= 0.3 is 0 Å². The van der Waals surface area contributed by atoms with E-state index >= 15 is 0 Å². The average molecular weight is 221 g/mol. The topological polar surface area (TPSA) is 29.1 Å². The third-order valence-corrected chi connectivity index (χ3v) is 4.83. The highest BCUT2D eigenvalue weighted by Crippen LogP contribution is 2.40. The van der Waals surface area contributed by atoms with Gasteiger partial charge in [-0.25, -0.2) is 0 Å². The van der Waals surface area contributed by atoms with E-state index in [1.807, 2.05) is 0 Å². The van der Waals surface area contributed by atoms with Crippen molar-refractivity contribution < 1.29 is 4.79 Å². The first-order valence-corrected chi connectivity index (χ1v) is 7.13. The molecule has 3 saturated carbocycles. The molecule has 16 heavy (non-hydrogen) atoms. The summed E-state index contributed by atoms with van der Waals surface area (Å²) in [6.45, 7) is 0. The summed E-state index contributed by atoms with van der Waals surface area (Å²) in [4.78, 5) is 11.7. The van der Waals surface area contributed by atoms with E-state index in [9.17, 15) is 4.79 Å². The molecule has 3 rings (SSSR count). The number of carbonyl (C=O) groups is 1. The van der Waals surface area contributed by atoms with Gasteiger partial charge in [-0.2, -0.15) is 0 Å². The van der Waals surface area contributed by atoms with Crippen LogP contribution < -0.4 is 5.32 Å². The zero-order valence-electron chi connectivity index (χ0n) is 10.1. The Bertz CT molecular complexity index is 272. The Balaban J connectivity index is 1.51. The van der Waals surface area contributed by atoms with Gasteiger partial charge in [0.25, 0.3) is 0 Å². The van der Waals surface area contributed by atoms with E-state index in [0.29, 0.717) is 17.9 Å². The number of rotatable bonds is 2. The lowest BCUT2D eigenvalue weighted by molar-refractivity contribution is -0.123. The minimum Gasteiger partial charge on any atom is -0.353 e. The van der Waals surface area contributed by atoms with E-state index in [1.165, 1.54) is 44.9 Å². The molecule has 0 spiro atoms. The second-order valence-electron chi connectivity index (χ2n) is 6.10. The van der Waals surface area contributed by atoms with E-state index in [0.717, 1.165) is 24.7 Å². The van der Waals surface area contributed by atoms with Crippen LogP contribution in [0, 0.1) is 17.8 Å². The Hall–Kier alpha value is -0.530. The van der Waals surface area contributed by atoms with Gasteiger partial charge in [-0.05, 0) is 43.9 Å². The highest BCUT2D eigenvalue weighted by Gasteiger charge is 2.35. The van der Waals surface area contributed by atoms with Crippen molar-refractivity contribution in [2.75, 3.05) is 0 Å². The van der Waals surface area contributed by atoms with Gasteiger partial charge in [-0.1, -0.05) is 25.7 Å². The second kappa shape index (κ2) is 4.38. The molecular formula is C14H23NO.